The van der Waals surface area contributed by atoms with Crippen molar-refractivity contribution in [3.05, 3.63) is 71.1 Å². The largest absolute Gasteiger partial charge is 0.411 e. The second-order valence-electron chi connectivity index (χ2n) is 6.61. The number of anilines is 1. The molecular formula is C20H18FN5O. The molecule has 1 aliphatic rings. The monoisotopic (exact) mass is 363 g/mol. The van der Waals surface area contributed by atoms with E-state index < -0.39 is 0 Å². The molecule has 0 saturated carbocycles. The highest BCUT2D eigenvalue weighted by molar-refractivity contribution is 6.03. The van der Waals surface area contributed by atoms with Crippen LogP contribution in [0.3, 0.4) is 0 Å². The molecule has 1 aromatic carbocycles. The molecule has 2 heterocycles. The van der Waals surface area contributed by atoms with Gasteiger partial charge in [0.15, 0.2) is 0 Å². The Hall–Kier alpha value is -3.35. The van der Waals surface area contributed by atoms with Gasteiger partial charge in [0, 0.05) is 29.9 Å². The average molecular weight is 363 g/mol. The number of benzene rings is 1. The molecule has 0 aliphatic heterocycles. The summed E-state index contributed by atoms with van der Waals surface area (Å²) in [5.74, 6) is -0.157. The van der Waals surface area contributed by atoms with E-state index in [-0.39, 0.29) is 17.7 Å². The maximum Gasteiger partial charge on any atom is 0.220 e. The van der Waals surface area contributed by atoms with Crippen molar-refractivity contribution in [2.45, 2.75) is 25.7 Å². The molecule has 0 spiro atoms. The number of oxime groups is 1. The van der Waals surface area contributed by atoms with E-state index in [1.54, 1.807) is 18.5 Å². The Balaban J connectivity index is 1.84. The molecule has 0 unspecified atom stereocenters. The zero-order valence-electron chi connectivity index (χ0n) is 14.7. The smallest absolute Gasteiger partial charge is 0.220 e. The molecule has 3 N–H and O–H groups in total. The Kier molecular flexibility index (Phi) is 4.27. The van der Waals surface area contributed by atoms with Crippen LogP contribution < -0.4 is 5.73 Å². The van der Waals surface area contributed by atoms with Crippen molar-refractivity contribution in [1.29, 1.82) is 0 Å². The van der Waals surface area contributed by atoms with Crippen LogP contribution in [0.1, 0.15) is 34.9 Å². The van der Waals surface area contributed by atoms with Crippen LogP contribution in [0, 0.1) is 12.7 Å². The molecule has 0 fully saturated rings. The fraction of sp³-hybridized carbons (Fsp3) is 0.200. The summed E-state index contributed by atoms with van der Waals surface area (Å²) in [7, 11) is 0. The van der Waals surface area contributed by atoms with E-state index >= 15 is 0 Å². The molecule has 1 atom stereocenters. The van der Waals surface area contributed by atoms with Gasteiger partial charge in [0.1, 0.15) is 5.82 Å². The Morgan fingerprint density at radius 2 is 2.07 bits per heavy atom. The first-order chi connectivity index (χ1) is 13.1. The summed E-state index contributed by atoms with van der Waals surface area (Å²) in [6.45, 7) is 1.82. The van der Waals surface area contributed by atoms with E-state index in [2.05, 4.69) is 20.1 Å². The van der Waals surface area contributed by atoms with Crippen LogP contribution in [0.4, 0.5) is 10.3 Å². The number of pyridine rings is 1. The predicted octanol–water partition coefficient (Wildman–Crippen LogP) is 3.48. The van der Waals surface area contributed by atoms with Crippen molar-refractivity contribution in [3.8, 4) is 11.1 Å². The number of hydrogen-bond donors (Lipinski definition) is 2. The minimum atomic E-state index is -0.313. The standard InChI is InChI=1S/C20H18FN5O/c1-11-19-17(25-20(22)24-11)7-13(8-18(19)26-27)15-5-4-14(21)9-16(15)12-3-2-6-23-10-12/h2-6,9-10,13,27H,7-8H2,1H3,(H2,22,24,25)/b26-18+/t13-/m0/s1. The Bertz CT molecular complexity index is 1040. The van der Waals surface area contributed by atoms with Gasteiger partial charge in [0.2, 0.25) is 5.95 Å². The van der Waals surface area contributed by atoms with Crippen molar-refractivity contribution in [2.24, 2.45) is 5.16 Å². The van der Waals surface area contributed by atoms with Gasteiger partial charge in [-0.05, 0) is 48.6 Å². The van der Waals surface area contributed by atoms with Gasteiger partial charge >= 0.3 is 0 Å². The first-order valence-electron chi connectivity index (χ1n) is 8.61. The van der Waals surface area contributed by atoms with Gasteiger partial charge in [-0.15, -0.1) is 0 Å². The first kappa shape index (κ1) is 17.1. The van der Waals surface area contributed by atoms with Crippen LogP contribution >= 0.6 is 0 Å². The number of nitrogens with zero attached hydrogens (tertiary/aromatic N) is 4. The van der Waals surface area contributed by atoms with E-state index in [9.17, 15) is 9.60 Å². The highest BCUT2D eigenvalue weighted by Crippen LogP contribution is 2.38. The van der Waals surface area contributed by atoms with E-state index in [4.69, 9.17) is 5.73 Å². The summed E-state index contributed by atoms with van der Waals surface area (Å²) in [5, 5.41) is 13.0. The zero-order valence-corrected chi connectivity index (χ0v) is 14.7. The number of nitrogen functional groups attached to an aromatic ring is 1. The number of rotatable bonds is 2. The van der Waals surface area contributed by atoms with Crippen LogP contribution in [-0.2, 0) is 6.42 Å². The highest BCUT2D eigenvalue weighted by atomic mass is 19.1. The molecule has 136 valence electrons. The topological polar surface area (TPSA) is 97.3 Å². The number of nitrogens with two attached hydrogens (primary N) is 1. The Morgan fingerprint density at radius 3 is 2.81 bits per heavy atom. The normalized spacial score (nSPS) is 17.7. The fourth-order valence-corrected chi connectivity index (χ4v) is 3.79. The van der Waals surface area contributed by atoms with Crippen molar-refractivity contribution >= 4 is 11.7 Å². The summed E-state index contributed by atoms with van der Waals surface area (Å²) in [6.07, 6.45) is 4.48. The number of aryl methyl sites for hydroxylation is 1. The minimum absolute atomic E-state index is 0.0343. The third-order valence-electron chi connectivity index (χ3n) is 4.90. The molecule has 2 aromatic heterocycles. The van der Waals surface area contributed by atoms with Gasteiger partial charge in [0.05, 0.1) is 17.1 Å². The summed E-state index contributed by atoms with van der Waals surface area (Å²) < 4.78 is 14.0. The third kappa shape index (κ3) is 3.12. The Morgan fingerprint density at radius 1 is 1.22 bits per heavy atom. The number of fused-ring (bicyclic) bond motifs is 1. The second-order valence-corrected chi connectivity index (χ2v) is 6.61. The summed E-state index contributed by atoms with van der Waals surface area (Å²) >= 11 is 0. The van der Waals surface area contributed by atoms with Crippen LogP contribution in [0.5, 0.6) is 0 Å². The van der Waals surface area contributed by atoms with E-state index in [1.807, 2.05) is 19.1 Å². The number of halogens is 1. The molecule has 27 heavy (non-hydrogen) atoms. The fourth-order valence-electron chi connectivity index (χ4n) is 3.79. The van der Waals surface area contributed by atoms with Crippen LogP contribution in [0.15, 0.2) is 47.9 Å². The quantitative estimate of drug-likeness (QED) is 0.537. The molecular weight excluding hydrogens is 345 g/mol. The molecule has 1 aliphatic carbocycles. The predicted molar refractivity (Wildman–Crippen MR) is 100 cm³/mol. The van der Waals surface area contributed by atoms with Crippen molar-refractivity contribution < 1.29 is 9.60 Å². The van der Waals surface area contributed by atoms with Gasteiger partial charge in [-0.2, -0.15) is 0 Å². The molecule has 0 amide bonds. The lowest BCUT2D eigenvalue weighted by atomic mass is 9.78. The zero-order chi connectivity index (χ0) is 19.0. The van der Waals surface area contributed by atoms with Gasteiger partial charge in [-0.1, -0.05) is 17.3 Å². The van der Waals surface area contributed by atoms with Crippen molar-refractivity contribution in [3.63, 3.8) is 0 Å². The lowest BCUT2D eigenvalue weighted by molar-refractivity contribution is 0.316. The molecule has 0 bridgehead atoms. The van der Waals surface area contributed by atoms with Gasteiger partial charge in [-0.25, -0.2) is 14.4 Å². The molecule has 3 aromatic rings. The molecule has 6 nitrogen and oxygen atoms in total. The van der Waals surface area contributed by atoms with E-state index in [1.165, 1.54) is 12.1 Å². The second kappa shape index (κ2) is 6.75. The molecule has 4 rings (SSSR count). The summed E-state index contributed by atoms with van der Waals surface area (Å²) in [6, 6.07) is 8.45. The average Bonchev–Trinajstić information content (AvgIpc) is 2.67. The number of aromatic nitrogens is 3. The summed E-state index contributed by atoms with van der Waals surface area (Å²) in [4.78, 5) is 12.7. The maximum atomic E-state index is 14.0. The van der Waals surface area contributed by atoms with E-state index in [0.717, 1.165) is 27.9 Å². The number of hydrogen-bond acceptors (Lipinski definition) is 6. The SMILES string of the molecule is Cc1nc(N)nc2c1/C(=N/O)C[C@@H](c1ccc(F)cc1-c1cccnc1)C2. The van der Waals surface area contributed by atoms with Gasteiger partial charge in [0.25, 0.3) is 0 Å². The maximum absolute atomic E-state index is 14.0. The third-order valence-corrected chi connectivity index (χ3v) is 4.90. The molecule has 0 saturated heterocycles. The van der Waals surface area contributed by atoms with Crippen LogP contribution in [0.2, 0.25) is 0 Å². The molecule has 7 heteroatoms. The van der Waals surface area contributed by atoms with Crippen molar-refractivity contribution in [1.82, 2.24) is 15.0 Å². The van der Waals surface area contributed by atoms with E-state index in [0.29, 0.717) is 24.2 Å². The Labute approximate surface area is 155 Å². The lowest BCUT2D eigenvalue weighted by Gasteiger charge is -2.27. The lowest BCUT2D eigenvalue weighted by Crippen LogP contribution is -2.24. The molecule has 0 radical (unpaired) electrons. The summed E-state index contributed by atoms with van der Waals surface area (Å²) in [5.41, 5.74) is 11.1. The van der Waals surface area contributed by atoms with Gasteiger partial charge in [-0.3, -0.25) is 4.98 Å². The van der Waals surface area contributed by atoms with Crippen LogP contribution in [0.25, 0.3) is 11.1 Å². The van der Waals surface area contributed by atoms with Crippen LogP contribution in [-0.4, -0.2) is 25.9 Å². The van der Waals surface area contributed by atoms with Crippen molar-refractivity contribution in [2.75, 3.05) is 5.73 Å². The highest BCUT2D eigenvalue weighted by Gasteiger charge is 2.30. The minimum Gasteiger partial charge on any atom is -0.411 e. The first-order valence-corrected chi connectivity index (χ1v) is 8.61. The van der Waals surface area contributed by atoms with Gasteiger partial charge < -0.3 is 10.9 Å².